The first kappa shape index (κ1) is 14.1. The molecule has 2 heterocycles. The van der Waals surface area contributed by atoms with E-state index < -0.39 is 0 Å². The molecule has 3 aliphatic rings. The van der Waals surface area contributed by atoms with Gasteiger partial charge in [0.05, 0.1) is 12.1 Å². The number of fused-ring (bicyclic) bond motifs is 1. The summed E-state index contributed by atoms with van der Waals surface area (Å²) in [6.45, 7) is 1.62. The van der Waals surface area contributed by atoms with Crippen LogP contribution in [0.5, 0.6) is 0 Å². The smallest absolute Gasteiger partial charge is 0.254 e. The number of benzene rings is 1. The summed E-state index contributed by atoms with van der Waals surface area (Å²) >= 11 is 5.98. The zero-order valence-corrected chi connectivity index (χ0v) is 13.1. The first-order chi connectivity index (χ1) is 10.6. The van der Waals surface area contributed by atoms with Crippen molar-refractivity contribution in [3.05, 3.63) is 34.9 Å². The molecule has 2 aliphatic heterocycles. The number of rotatable bonds is 3. The maximum atomic E-state index is 12.7. The number of halogens is 1. The van der Waals surface area contributed by atoms with Crippen LogP contribution in [-0.2, 0) is 4.79 Å². The van der Waals surface area contributed by atoms with Gasteiger partial charge in [-0.2, -0.15) is 0 Å². The molecule has 4 rings (SSSR count). The van der Waals surface area contributed by atoms with E-state index in [1.165, 1.54) is 12.8 Å². The summed E-state index contributed by atoms with van der Waals surface area (Å²) < 4.78 is 0. The van der Waals surface area contributed by atoms with E-state index >= 15 is 0 Å². The lowest BCUT2D eigenvalue weighted by Gasteiger charge is -2.25. The molecule has 2 saturated heterocycles. The van der Waals surface area contributed by atoms with E-state index in [9.17, 15) is 9.59 Å². The Hall–Kier alpha value is -1.55. The summed E-state index contributed by atoms with van der Waals surface area (Å²) in [5.41, 5.74) is 0.612. The first-order valence-electron chi connectivity index (χ1n) is 7.99. The minimum absolute atomic E-state index is 0.00364. The van der Waals surface area contributed by atoms with Gasteiger partial charge in [-0.3, -0.25) is 9.59 Å². The second-order valence-corrected chi connectivity index (χ2v) is 7.06. The third kappa shape index (κ3) is 2.39. The Morgan fingerprint density at radius 3 is 2.77 bits per heavy atom. The third-order valence-corrected chi connectivity index (χ3v) is 5.33. The molecule has 0 bridgehead atoms. The standard InChI is InChI=1S/C17H19ClN2O2/c18-13-3-1-2-12(8-13)17(22)19-7-6-14-15(19)9-16(21)20(14)10-11-4-5-11/h1-3,8,11,14-15H,4-7,9-10H2/t14-,15+/m0/s1. The summed E-state index contributed by atoms with van der Waals surface area (Å²) in [6.07, 6.45) is 3.86. The third-order valence-electron chi connectivity index (χ3n) is 5.10. The van der Waals surface area contributed by atoms with Gasteiger partial charge in [0.25, 0.3) is 5.91 Å². The van der Waals surface area contributed by atoms with Gasteiger partial charge in [-0.05, 0) is 43.4 Å². The van der Waals surface area contributed by atoms with E-state index in [1.807, 2.05) is 9.80 Å². The molecular formula is C17H19ClN2O2. The van der Waals surface area contributed by atoms with E-state index in [2.05, 4.69) is 0 Å². The second kappa shape index (κ2) is 5.27. The highest BCUT2D eigenvalue weighted by Crippen LogP contribution is 2.37. The molecule has 22 heavy (non-hydrogen) atoms. The molecule has 116 valence electrons. The van der Waals surface area contributed by atoms with Crippen LogP contribution in [0.15, 0.2) is 24.3 Å². The van der Waals surface area contributed by atoms with Crippen molar-refractivity contribution < 1.29 is 9.59 Å². The van der Waals surface area contributed by atoms with Crippen LogP contribution >= 0.6 is 11.6 Å². The molecule has 0 aromatic heterocycles. The quantitative estimate of drug-likeness (QED) is 0.859. The van der Waals surface area contributed by atoms with E-state index in [1.54, 1.807) is 24.3 Å². The largest absolute Gasteiger partial charge is 0.337 e. The summed E-state index contributed by atoms with van der Waals surface area (Å²) in [4.78, 5) is 28.9. The highest BCUT2D eigenvalue weighted by Gasteiger charge is 2.49. The molecule has 0 spiro atoms. The number of hydrogen-bond acceptors (Lipinski definition) is 2. The van der Waals surface area contributed by atoms with E-state index in [-0.39, 0.29) is 23.9 Å². The molecular weight excluding hydrogens is 300 g/mol. The Labute approximate surface area is 135 Å². The maximum absolute atomic E-state index is 12.7. The number of carbonyl (C=O) groups excluding carboxylic acids is 2. The SMILES string of the molecule is O=C(c1cccc(Cl)c1)N1CC[C@H]2[C@H]1CC(=O)N2CC1CC1. The minimum Gasteiger partial charge on any atom is -0.337 e. The van der Waals surface area contributed by atoms with Crippen molar-refractivity contribution in [3.8, 4) is 0 Å². The van der Waals surface area contributed by atoms with Crippen LogP contribution in [-0.4, -0.2) is 46.8 Å². The first-order valence-corrected chi connectivity index (χ1v) is 8.37. The highest BCUT2D eigenvalue weighted by atomic mass is 35.5. The fourth-order valence-corrected chi connectivity index (χ4v) is 3.97. The van der Waals surface area contributed by atoms with Gasteiger partial charge in [0.1, 0.15) is 0 Å². The van der Waals surface area contributed by atoms with Gasteiger partial charge >= 0.3 is 0 Å². The monoisotopic (exact) mass is 318 g/mol. The van der Waals surface area contributed by atoms with Gasteiger partial charge < -0.3 is 9.80 Å². The van der Waals surface area contributed by atoms with Crippen LogP contribution in [0.25, 0.3) is 0 Å². The highest BCUT2D eigenvalue weighted by molar-refractivity contribution is 6.30. The van der Waals surface area contributed by atoms with Crippen LogP contribution in [0, 0.1) is 5.92 Å². The lowest BCUT2D eigenvalue weighted by atomic mass is 10.1. The molecule has 2 amide bonds. The molecule has 1 aromatic carbocycles. The normalized spacial score (nSPS) is 27.4. The number of nitrogens with zero attached hydrogens (tertiary/aromatic N) is 2. The van der Waals surface area contributed by atoms with Crippen molar-refractivity contribution in [2.24, 2.45) is 5.92 Å². The molecule has 0 unspecified atom stereocenters. The van der Waals surface area contributed by atoms with Gasteiger partial charge in [-0.1, -0.05) is 17.7 Å². The Balaban J connectivity index is 1.52. The summed E-state index contributed by atoms with van der Waals surface area (Å²) in [7, 11) is 0. The fourth-order valence-electron chi connectivity index (χ4n) is 3.78. The lowest BCUT2D eigenvalue weighted by Crippen LogP contribution is -2.40. The predicted molar refractivity (Wildman–Crippen MR) is 83.7 cm³/mol. The van der Waals surface area contributed by atoms with Crippen molar-refractivity contribution in [1.29, 1.82) is 0 Å². The molecule has 0 N–H and O–H groups in total. The second-order valence-electron chi connectivity index (χ2n) is 6.63. The van der Waals surface area contributed by atoms with Gasteiger partial charge in [0.15, 0.2) is 0 Å². The van der Waals surface area contributed by atoms with Crippen molar-refractivity contribution >= 4 is 23.4 Å². The van der Waals surface area contributed by atoms with Gasteiger partial charge in [0, 0.05) is 30.1 Å². The summed E-state index contributed by atoms with van der Waals surface area (Å²) in [5.74, 6) is 0.905. The van der Waals surface area contributed by atoms with Crippen LogP contribution in [0.3, 0.4) is 0 Å². The maximum Gasteiger partial charge on any atom is 0.254 e. The molecule has 1 saturated carbocycles. The van der Waals surface area contributed by atoms with Crippen LogP contribution in [0.4, 0.5) is 0 Å². The number of hydrogen-bond donors (Lipinski definition) is 0. The molecule has 1 aromatic rings. The number of carbonyl (C=O) groups is 2. The van der Waals surface area contributed by atoms with Crippen molar-refractivity contribution in [2.75, 3.05) is 13.1 Å². The Kier molecular flexibility index (Phi) is 3.37. The average Bonchev–Trinajstić information content (AvgIpc) is 3.16. The Morgan fingerprint density at radius 2 is 2.05 bits per heavy atom. The van der Waals surface area contributed by atoms with Crippen molar-refractivity contribution in [3.63, 3.8) is 0 Å². The van der Waals surface area contributed by atoms with Crippen LogP contribution in [0.2, 0.25) is 5.02 Å². The molecule has 0 radical (unpaired) electrons. The Morgan fingerprint density at radius 1 is 1.23 bits per heavy atom. The summed E-state index contributed by atoms with van der Waals surface area (Å²) in [6, 6.07) is 7.31. The zero-order chi connectivity index (χ0) is 15.3. The zero-order valence-electron chi connectivity index (χ0n) is 12.4. The van der Waals surface area contributed by atoms with Crippen LogP contribution < -0.4 is 0 Å². The fraction of sp³-hybridized carbons (Fsp3) is 0.529. The van der Waals surface area contributed by atoms with E-state index in [4.69, 9.17) is 11.6 Å². The van der Waals surface area contributed by atoms with Crippen LogP contribution in [0.1, 0.15) is 36.0 Å². The predicted octanol–water partition coefficient (Wildman–Crippen LogP) is 2.57. The minimum atomic E-state index is -0.00364. The lowest BCUT2D eigenvalue weighted by molar-refractivity contribution is -0.129. The molecule has 2 atom stereocenters. The van der Waals surface area contributed by atoms with E-state index in [0.717, 1.165) is 19.5 Å². The number of likely N-dealkylation sites (tertiary alicyclic amines) is 2. The number of amides is 2. The average molecular weight is 319 g/mol. The van der Waals surface area contributed by atoms with Crippen molar-refractivity contribution in [1.82, 2.24) is 9.80 Å². The summed E-state index contributed by atoms with van der Waals surface area (Å²) in [5, 5.41) is 0.569. The Bertz CT molecular complexity index is 629. The van der Waals surface area contributed by atoms with Gasteiger partial charge in [0.2, 0.25) is 5.91 Å². The van der Waals surface area contributed by atoms with Crippen molar-refractivity contribution in [2.45, 2.75) is 37.8 Å². The van der Waals surface area contributed by atoms with Gasteiger partial charge in [-0.25, -0.2) is 0 Å². The van der Waals surface area contributed by atoms with Gasteiger partial charge in [-0.15, -0.1) is 0 Å². The molecule has 3 fully saturated rings. The molecule has 4 nitrogen and oxygen atoms in total. The van der Waals surface area contributed by atoms with E-state index in [0.29, 0.717) is 22.9 Å². The topological polar surface area (TPSA) is 40.6 Å². The molecule has 1 aliphatic carbocycles. The molecule has 5 heteroatoms.